The lowest BCUT2D eigenvalue weighted by Crippen LogP contribution is -2.32. The highest BCUT2D eigenvalue weighted by Crippen LogP contribution is 2.07. The zero-order valence-electron chi connectivity index (χ0n) is 9.47. The van der Waals surface area contributed by atoms with Gasteiger partial charge in [0.1, 0.15) is 0 Å². The van der Waals surface area contributed by atoms with Crippen LogP contribution in [0.2, 0.25) is 0 Å². The first-order valence-corrected chi connectivity index (χ1v) is 5.98. The van der Waals surface area contributed by atoms with Gasteiger partial charge in [0.05, 0.1) is 4.88 Å². The lowest BCUT2D eigenvalue weighted by Gasteiger charge is -2.05. The molecule has 0 fully saturated rings. The molecule has 1 aromatic rings. The van der Waals surface area contributed by atoms with Crippen molar-refractivity contribution in [2.45, 2.75) is 6.42 Å². The van der Waals surface area contributed by atoms with Crippen molar-refractivity contribution in [2.24, 2.45) is 5.73 Å². The highest BCUT2D eigenvalue weighted by molar-refractivity contribution is 7.12. The minimum atomic E-state index is -0.679. The maximum Gasteiger partial charge on any atom is 0.261 e. The van der Waals surface area contributed by atoms with E-state index in [2.05, 4.69) is 10.2 Å². The van der Waals surface area contributed by atoms with Gasteiger partial charge in [-0.3, -0.25) is 19.2 Å². The predicted octanol–water partition coefficient (Wildman–Crippen LogP) is -0.599. The van der Waals surface area contributed by atoms with Gasteiger partial charge in [-0.05, 0) is 11.4 Å². The summed E-state index contributed by atoms with van der Waals surface area (Å²) < 4.78 is 0. The van der Waals surface area contributed by atoms with Crippen molar-refractivity contribution in [1.82, 2.24) is 10.8 Å². The lowest BCUT2D eigenvalue weighted by molar-refractivity contribution is -0.137. The van der Waals surface area contributed by atoms with Crippen molar-refractivity contribution in [3.05, 3.63) is 22.4 Å². The fourth-order valence-electron chi connectivity index (χ4n) is 1.02. The number of rotatable bonds is 7. The molecule has 0 aromatic carbocycles. The van der Waals surface area contributed by atoms with Gasteiger partial charge in [0.2, 0.25) is 11.8 Å². The lowest BCUT2D eigenvalue weighted by atomic mass is 10.4. The molecule has 7 nitrogen and oxygen atoms in total. The van der Waals surface area contributed by atoms with Gasteiger partial charge in [-0.1, -0.05) is 6.07 Å². The Morgan fingerprint density at radius 2 is 2.17 bits per heavy atom. The van der Waals surface area contributed by atoms with Crippen molar-refractivity contribution >= 4 is 29.1 Å². The number of carbonyl (C=O) groups is 3. The average molecular weight is 271 g/mol. The molecule has 0 saturated heterocycles. The summed E-state index contributed by atoms with van der Waals surface area (Å²) in [4.78, 5) is 38.0. The van der Waals surface area contributed by atoms with Crippen molar-refractivity contribution < 1.29 is 19.2 Å². The molecule has 0 bridgehead atoms. The summed E-state index contributed by atoms with van der Waals surface area (Å²) in [6.45, 7) is -0.199. The zero-order chi connectivity index (χ0) is 13.4. The molecule has 0 unspecified atom stereocenters. The van der Waals surface area contributed by atoms with E-state index in [4.69, 9.17) is 5.73 Å². The standard InChI is InChI=1S/C10H13N3O4S/c11-8(14)6-17-13-9(15)3-4-12-10(16)7-2-1-5-18-7/h1-2,5H,3-4,6H2,(H2,11,14)(H,12,16)(H,13,15). The molecule has 1 heterocycles. The van der Waals surface area contributed by atoms with Crippen LogP contribution in [0.15, 0.2) is 17.5 Å². The van der Waals surface area contributed by atoms with Crippen LogP contribution in [0.1, 0.15) is 16.1 Å². The third-order valence-corrected chi connectivity index (χ3v) is 2.65. The highest BCUT2D eigenvalue weighted by Gasteiger charge is 2.07. The molecule has 1 rings (SSSR count). The van der Waals surface area contributed by atoms with Crippen LogP contribution >= 0.6 is 11.3 Å². The summed E-state index contributed by atoms with van der Waals surface area (Å²) in [6.07, 6.45) is 0.0515. The minimum absolute atomic E-state index is 0.0515. The molecule has 0 aliphatic heterocycles. The molecule has 3 amide bonds. The Kier molecular flexibility index (Phi) is 5.81. The first kappa shape index (κ1) is 14.1. The number of nitrogens with two attached hydrogens (primary N) is 1. The maximum absolute atomic E-state index is 11.5. The number of hydroxylamine groups is 1. The molecule has 8 heteroatoms. The molecule has 0 atom stereocenters. The summed E-state index contributed by atoms with van der Waals surface area (Å²) in [7, 11) is 0. The quantitative estimate of drug-likeness (QED) is 0.575. The second-order valence-corrected chi connectivity index (χ2v) is 4.21. The Morgan fingerprint density at radius 3 is 2.78 bits per heavy atom. The Morgan fingerprint density at radius 1 is 1.39 bits per heavy atom. The van der Waals surface area contributed by atoms with Crippen LogP contribution in [0, 0.1) is 0 Å². The summed E-state index contributed by atoms with van der Waals surface area (Å²) in [5.41, 5.74) is 6.84. The van der Waals surface area contributed by atoms with Crippen LogP contribution in [0.3, 0.4) is 0 Å². The first-order chi connectivity index (χ1) is 8.59. The summed E-state index contributed by atoms with van der Waals surface area (Å²) in [5, 5.41) is 4.37. The van der Waals surface area contributed by atoms with Gasteiger partial charge < -0.3 is 11.1 Å². The van der Waals surface area contributed by atoms with Crippen LogP contribution in [-0.2, 0) is 14.4 Å². The predicted molar refractivity (Wildman–Crippen MR) is 64.6 cm³/mol. The number of primary amides is 1. The fourth-order valence-corrected chi connectivity index (χ4v) is 1.66. The van der Waals surface area contributed by atoms with Crippen LogP contribution in [0.5, 0.6) is 0 Å². The Balaban J connectivity index is 2.12. The van der Waals surface area contributed by atoms with Crippen LogP contribution in [0.4, 0.5) is 0 Å². The molecule has 0 aliphatic rings. The number of hydrogen-bond acceptors (Lipinski definition) is 5. The van der Waals surface area contributed by atoms with E-state index in [1.807, 2.05) is 5.48 Å². The van der Waals surface area contributed by atoms with Crippen LogP contribution in [-0.4, -0.2) is 30.9 Å². The molecule has 0 saturated carbocycles. The number of hydrogen-bond donors (Lipinski definition) is 3. The third kappa shape index (κ3) is 5.41. The fraction of sp³-hybridized carbons (Fsp3) is 0.300. The summed E-state index contributed by atoms with van der Waals surface area (Å²) in [6, 6.07) is 3.46. The largest absolute Gasteiger partial charge is 0.368 e. The molecular formula is C10H13N3O4S. The minimum Gasteiger partial charge on any atom is -0.368 e. The van der Waals surface area contributed by atoms with E-state index in [0.29, 0.717) is 4.88 Å². The van der Waals surface area contributed by atoms with Crippen molar-refractivity contribution in [1.29, 1.82) is 0 Å². The molecule has 4 N–H and O–H groups in total. The monoisotopic (exact) mass is 271 g/mol. The number of nitrogens with one attached hydrogen (secondary N) is 2. The van der Waals surface area contributed by atoms with Crippen LogP contribution < -0.4 is 16.5 Å². The highest BCUT2D eigenvalue weighted by atomic mass is 32.1. The van der Waals surface area contributed by atoms with Crippen molar-refractivity contribution in [2.75, 3.05) is 13.2 Å². The summed E-state index contributed by atoms with van der Waals surface area (Å²) >= 11 is 1.32. The molecule has 0 spiro atoms. The van der Waals surface area contributed by atoms with Gasteiger partial charge in [0.15, 0.2) is 6.61 Å². The van der Waals surface area contributed by atoms with Crippen LogP contribution in [0.25, 0.3) is 0 Å². The average Bonchev–Trinajstić information content (AvgIpc) is 2.81. The van der Waals surface area contributed by atoms with Gasteiger partial charge >= 0.3 is 0 Å². The molecule has 18 heavy (non-hydrogen) atoms. The van der Waals surface area contributed by atoms with Crippen molar-refractivity contribution in [3.8, 4) is 0 Å². The SMILES string of the molecule is NC(=O)CONC(=O)CCNC(=O)c1cccs1. The van der Waals surface area contributed by atoms with E-state index < -0.39 is 11.8 Å². The number of amides is 3. The third-order valence-electron chi connectivity index (χ3n) is 1.78. The van der Waals surface area contributed by atoms with Gasteiger partial charge in [-0.2, -0.15) is 0 Å². The van der Waals surface area contributed by atoms with Crippen molar-refractivity contribution in [3.63, 3.8) is 0 Å². The van der Waals surface area contributed by atoms with E-state index >= 15 is 0 Å². The van der Waals surface area contributed by atoms with E-state index in [-0.39, 0.29) is 25.5 Å². The molecule has 0 radical (unpaired) electrons. The summed E-state index contributed by atoms with van der Waals surface area (Å²) in [5.74, 6) is -1.35. The number of thiophene rings is 1. The smallest absolute Gasteiger partial charge is 0.261 e. The van der Waals surface area contributed by atoms with Gasteiger partial charge in [0, 0.05) is 13.0 Å². The Bertz CT molecular complexity index is 419. The molecule has 98 valence electrons. The molecule has 0 aliphatic carbocycles. The van der Waals surface area contributed by atoms with E-state index in [0.717, 1.165) is 0 Å². The first-order valence-electron chi connectivity index (χ1n) is 5.10. The molecular weight excluding hydrogens is 258 g/mol. The second-order valence-electron chi connectivity index (χ2n) is 3.26. The topological polar surface area (TPSA) is 111 Å². The van der Waals surface area contributed by atoms with E-state index in [1.54, 1.807) is 17.5 Å². The Hall–Kier alpha value is -1.93. The van der Waals surface area contributed by atoms with Gasteiger partial charge in [-0.25, -0.2) is 5.48 Å². The van der Waals surface area contributed by atoms with Gasteiger partial charge in [-0.15, -0.1) is 11.3 Å². The zero-order valence-corrected chi connectivity index (χ0v) is 10.3. The Labute approximate surface area is 107 Å². The number of carbonyl (C=O) groups excluding carboxylic acids is 3. The second kappa shape index (κ2) is 7.41. The normalized spacial score (nSPS) is 9.78. The van der Waals surface area contributed by atoms with E-state index in [9.17, 15) is 14.4 Å². The van der Waals surface area contributed by atoms with Gasteiger partial charge in [0.25, 0.3) is 5.91 Å². The van der Waals surface area contributed by atoms with E-state index in [1.165, 1.54) is 11.3 Å². The molecule has 1 aromatic heterocycles. The maximum atomic E-state index is 11.5.